The van der Waals surface area contributed by atoms with Crippen molar-refractivity contribution in [3.05, 3.63) is 70.0 Å². The van der Waals surface area contributed by atoms with Crippen molar-refractivity contribution in [2.45, 2.75) is 49.8 Å². The minimum absolute atomic E-state index is 0.0380. The predicted octanol–water partition coefficient (Wildman–Crippen LogP) is 3.34. The maximum absolute atomic E-state index is 13.4. The molecule has 1 aliphatic carbocycles. The Balaban J connectivity index is 1.66. The van der Waals surface area contributed by atoms with E-state index in [1.807, 2.05) is 30.3 Å². The minimum atomic E-state index is -0.610. The molecule has 8 nitrogen and oxygen atoms in total. The van der Waals surface area contributed by atoms with E-state index in [0.717, 1.165) is 43.0 Å². The fourth-order valence-electron chi connectivity index (χ4n) is 4.13. The first-order chi connectivity index (χ1) is 16.9. The number of thioether (sulfide) groups is 1. The van der Waals surface area contributed by atoms with Gasteiger partial charge in [-0.25, -0.2) is 4.98 Å². The molecule has 0 saturated heterocycles. The standard InChI is InChI=1S/C26H27N3O5S/c1-34-23(31)14-20(30)16-35-26-28-22-13-18(24(32)27-19-9-5-6-10-19)11-12-21(22)25(33)29(26)15-17-7-3-2-4-8-17/h2-4,7-8,11-13,19H,5-6,9-10,14-16H2,1H3,(H,27,32). The molecule has 1 N–H and O–H groups in total. The molecule has 1 amide bonds. The zero-order valence-corrected chi connectivity index (χ0v) is 20.3. The third-order valence-electron chi connectivity index (χ3n) is 5.99. The summed E-state index contributed by atoms with van der Waals surface area (Å²) in [6, 6.07) is 14.6. The van der Waals surface area contributed by atoms with E-state index in [0.29, 0.717) is 21.6 Å². The van der Waals surface area contributed by atoms with Crippen LogP contribution in [0, 0.1) is 0 Å². The van der Waals surface area contributed by atoms with Gasteiger partial charge >= 0.3 is 5.97 Å². The number of amides is 1. The molecule has 35 heavy (non-hydrogen) atoms. The zero-order chi connectivity index (χ0) is 24.8. The number of carbonyl (C=O) groups is 3. The smallest absolute Gasteiger partial charge is 0.313 e. The lowest BCUT2D eigenvalue weighted by Gasteiger charge is -2.15. The van der Waals surface area contributed by atoms with Crippen molar-refractivity contribution in [1.82, 2.24) is 14.9 Å². The fraction of sp³-hybridized carbons (Fsp3) is 0.346. The van der Waals surface area contributed by atoms with Crippen LogP contribution in [0.4, 0.5) is 0 Å². The van der Waals surface area contributed by atoms with Gasteiger partial charge in [0.15, 0.2) is 10.9 Å². The number of Topliss-reactive ketones (excluding diaryl/α,β-unsaturated/α-hetero) is 1. The SMILES string of the molecule is COC(=O)CC(=O)CSc1nc2cc(C(=O)NC3CCCC3)ccc2c(=O)n1Cc1ccccc1. The highest BCUT2D eigenvalue weighted by molar-refractivity contribution is 7.99. The number of ether oxygens (including phenoxy) is 1. The summed E-state index contributed by atoms with van der Waals surface area (Å²) in [4.78, 5) is 54.5. The summed E-state index contributed by atoms with van der Waals surface area (Å²) in [7, 11) is 1.23. The average Bonchev–Trinajstić information content (AvgIpc) is 3.38. The molecular formula is C26H27N3O5S. The molecule has 3 aromatic rings. The van der Waals surface area contributed by atoms with Crippen LogP contribution >= 0.6 is 11.8 Å². The minimum Gasteiger partial charge on any atom is -0.469 e. The number of nitrogens with zero attached hydrogens (tertiary/aromatic N) is 2. The molecular weight excluding hydrogens is 466 g/mol. The van der Waals surface area contributed by atoms with Crippen molar-refractivity contribution in [1.29, 1.82) is 0 Å². The molecule has 0 bridgehead atoms. The Hall–Kier alpha value is -3.46. The molecule has 0 atom stereocenters. The summed E-state index contributed by atoms with van der Waals surface area (Å²) >= 11 is 1.09. The average molecular weight is 494 g/mol. The molecule has 0 unspecified atom stereocenters. The number of fused-ring (bicyclic) bond motifs is 1. The Morgan fingerprint density at radius 3 is 2.57 bits per heavy atom. The summed E-state index contributed by atoms with van der Waals surface area (Å²) < 4.78 is 6.08. The van der Waals surface area contributed by atoms with Gasteiger partial charge in [0.1, 0.15) is 6.42 Å². The van der Waals surface area contributed by atoms with E-state index < -0.39 is 5.97 Å². The number of hydrogen-bond acceptors (Lipinski definition) is 7. The number of nitrogens with one attached hydrogen (secondary N) is 1. The Morgan fingerprint density at radius 2 is 1.86 bits per heavy atom. The third-order valence-corrected chi connectivity index (χ3v) is 7.02. The first-order valence-corrected chi connectivity index (χ1v) is 12.5. The first-order valence-electron chi connectivity index (χ1n) is 11.6. The van der Waals surface area contributed by atoms with Gasteiger partial charge in [-0.15, -0.1) is 0 Å². The van der Waals surface area contributed by atoms with E-state index in [9.17, 15) is 19.2 Å². The van der Waals surface area contributed by atoms with Crippen LogP contribution in [0.1, 0.15) is 48.0 Å². The highest BCUT2D eigenvalue weighted by Gasteiger charge is 2.20. The number of aromatic nitrogens is 2. The number of esters is 1. The molecule has 2 aromatic carbocycles. The molecule has 1 aliphatic rings. The number of rotatable bonds is 9. The van der Waals surface area contributed by atoms with Crippen LogP contribution in [0.2, 0.25) is 0 Å². The number of benzene rings is 2. The molecule has 0 spiro atoms. The van der Waals surface area contributed by atoms with Gasteiger partial charge in [0.2, 0.25) is 0 Å². The summed E-state index contributed by atoms with van der Waals surface area (Å²) in [5, 5.41) is 3.79. The predicted molar refractivity (Wildman–Crippen MR) is 134 cm³/mol. The van der Waals surface area contributed by atoms with E-state index in [1.54, 1.807) is 18.2 Å². The van der Waals surface area contributed by atoms with Crippen LogP contribution in [0.5, 0.6) is 0 Å². The van der Waals surface area contributed by atoms with E-state index in [2.05, 4.69) is 15.0 Å². The van der Waals surface area contributed by atoms with Crippen LogP contribution in [-0.4, -0.2) is 46.1 Å². The number of hydrogen-bond donors (Lipinski definition) is 1. The number of methoxy groups -OCH3 is 1. The third kappa shape index (κ3) is 6.16. The molecule has 4 rings (SSSR count). The Bertz CT molecular complexity index is 1300. The highest BCUT2D eigenvalue weighted by Crippen LogP contribution is 2.22. The summed E-state index contributed by atoms with van der Waals surface area (Å²) in [5.41, 5.74) is 1.48. The Kier molecular flexibility index (Phi) is 7.97. The molecule has 1 heterocycles. The van der Waals surface area contributed by atoms with Gasteiger partial charge in [-0.1, -0.05) is 54.9 Å². The molecule has 1 aromatic heterocycles. The maximum atomic E-state index is 13.4. The number of carbonyl (C=O) groups excluding carboxylic acids is 3. The first kappa shape index (κ1) is 24.7. The van der Waals surface area contributed by atoms with Crippen LogP contribution < -0.4 is 10.9 Å². The van der Waals surface area contributed by atoms with Gasteiger partial charge in [-0.05, 0) is 36.6 Å². The van der Waals surface area contributed by atoms with Crippen molar-refractivity contribution in [3.8, 4) is 0 Å². The van der Waals surface area contributed by atoms with Crippen molar-refractivity contribution >= 4 is 40.3 Å². The second-order valence-electron chi connectivity index (χ2n) is 8.54. The topological polar surface area (TPSA) is 107 Å². The molecule has 9 heteroatoms. The molecule has 1 saturated carbocycles. The second kappa shape index (κ2) is 11.3. The van der Waals surface area contributed by atoms with E-state index in [1.165, 1.54) is 11.7 Å². The fourth-order valence-corrected chi connectivity index (χ4v) is 4.98. The van der Waals surface area contributed by atoms with Crippen LogP contribution in [0.15, 0.2) is 58.5 Å². The van der Waals surface area contributed by atoms with Crippen molar-refractivity contribution < 1.29 is 19.1 Å². The molecule has 1 fully saturated rings. The molecule has 0 aliphatic heterocycles. The lowest BCUT2D eigenvalue weighted by atomic mass is 10.1. The normalized spacial score (nSPS) is 13.6. The maximum Gasteiger partial charge on any atom is 0.313 e. The largest absolute Gasteiger partial charge is 0.469 e. The van der Waals surface area contributed by atoms with Gasteiger partial charge in [0.25, 0.3) is 11.5 Å². The Morgan fingerprint density at radius 1 is 1.11 bits per heavy atom. The van der Waals surface area contributed by atoms with Gasteiger partial charge in [0, 0.05) is 11.6 Å². The van der Waals surface area contributed by atoms with Gasteiger partial charge in [-0.2, -0.15) is 0 Å². The molecule has 182 valence electrons. The van der Waals surface area contributed by atoms with Crippen molar-refractivity contribution in [3.63, 3.8) is 0 Å². The quantitative estimate of drug-likeness (QED) is 0.211. The number of ketones is 1. The summed E-state index contributed by atoms with van der Waals surface area (Å²) in [5.74, 6) is -1.16. The van der Waals surface area contributed by atoms with Crippen molar-refractivity contribution in [2.75, 3.05) is 12.9 Å². The lowest BCUT2D eigenvalue weighted by molar-refractivity contribution is -0.142. The Labute approximate surface area is 207 Å². The van der Waals surface area contributed by atoms with Crippen molar-refractivity contribution in [2.24, 2.45) is 0 Å². The van der Waals surface area contributed by atoms with Crippen LogP contribution in [0.25, 0.3) is 10.9 Å². The van der Waals surface area contributed by atoms with E-state index in [-0.39, 0.29) is 42.0 Å². The van der Waals surface area contributed by atoms with Crippen LogP contribution in [0.3, 0.4) is 0 Å². The van der Waals surface area contributed by atoms with Gasteiger partial charge in [-0.3, -0.25) is 23.7 Å². The van der Waals surface area contributed by atoms with Gasteiger partial charge in [0.05, 0.1) is 30.3 Å². The van der Waals surface area contributed by atoms with E-state index in [4.69, 9.17) is 0 Å². The lowest BCUT2D eigenvalue weighted by Crippen LogP contribution is -2.32. The monoisotopic (exact) mass is 493 g/mol. The zero-order valence-electron chi connectivity index (χ0n) is 19.5. The van der Waals surface area contributed by atoms with Gasteiger partial charge < -0.3 is 10.1 Å². The highest BCUT2D eigenvalue weighted by atomic mass is 32.2. The summed E-state index contributed by atoms with van der Waals surface area (Å²) in [6.45, 7) is 0.278. The van der Waals surface area contributed by atoms with E-state index >= 15 is 0 Å². The van der Waals surface area contributed by atoms with Crippen LogP contribution in [-0.2, 0) is 20.9 Å². The second-order valence-corrected chi connectivity index (χ2v) is 9.48. The molecule has 0 radical (unpaired) electrons. The summed E-state index contributed by atoms with van der Waals surface area (Å²) in [6.07, 6.45) is 3.83.